The van der Waals surface area contributed by atoms with E-state index in [1.54, 1.807) is 12.1 Å². The molecular formula is C12H17ClN2O2S. The van der Waals surface area contributed by atoms with Crippen LogP contribution in [0.15, 0.2) is 40.8 Å². The van der Waals surface area contributed by atoms with Crippen molar-refractivity contribution in [1.29, 1.82) is 0 Å². The van der Waals surface area contributed by atoms with Crippen LogP contribution in [0.3, 0.4) is 0 Å². The van der Waals surface area contributed by atoms with E-state index in [0.29, 0.717) is 11.6 Å². The van der Waals surface area contributed by atoms with Crippen molar-refractivity contribution in [3.8, 4) is 0 Å². The van der Waals surface area contributed by atoms with E-state index in [2.05, 4.69) is 6.58 Å². The second-order valence-corrected chi connectivity index (χ2v) is 6.32. The van der Waals surface area contributed by atoms with Crippen LogP contribution in [0.5, 0.6) is 0 Å². The predicted molar refractivity (Wildman–Crippen MR) is 73.9 cm³/mol. The smallest absolute Gasteiger partial charge is 0.238 e. The lowest BCUT2D eigenvalue weighted by Gasteiger charge is -2.24. The fraction of sp³-hybridized carbons (Fsp3) is 0.333. The molecular weight excluding hydrogens is 272 g/mol. The Morgan fingerprint density at radius 1 is 1.56 bits per heavy atom. The van der Waals surface area contributed by atoms with Gasteiger partial charge in [0, 0.05) is 17.6 Å². The highest BCUT2D eigenvalue weighted by Gasteiger charge is 2.15. The Morgan fingerprint density at radius 3 is 2.67 bits per heavy atom. The third kappa shape index (κ3) is 4.10. The van der Waals surface area contributed by atoms with E-state index in [4.69, 9.17) is 16.7 Å². The van der Waals surface area contributed by atoms with Crippen molar-refractivity contribution >= 4 is 21.6 Å². The first-order valence-corrected chi connectivity index (χ1v) is 7.30. The molecule has 0 spiro atoms. The van der Waals surface area contributed by atoms with Crippen molar-refractivity contribution in [3.05, 3.63) is 41.4 Å². The van der Waals surface area contributed by atoms with E-state index in [1.165, 1.54) is 6.07 Å². The Balaban J connectivity index is 3.00. The van der Waals surface area contributed by atoms with Crippen LogP contribution in [-0.4, -0.2) is 26.9 Å². The minimum atomic E-state index is -3.67. The van der Waals surface area contributed by atoms with Gasteiger partial charge in [0.1, 0.15) is 0 Å². The molecule has 1 aromatic carbocycles. The Morgan fingerprint density at radius 2 is 2.17 bits per heavy atom. The SMILES string of the molecule is C=C(Cl)CN(C)[C@H](C)c1cccc(S(N)(=O)=O)c1. The number of nitrogens with two attached hydrogens (primary N) is 1. The highest BCUT2D eigenvalue weighted by atomic mass is 35.5. The van der Waals surface area contributed by atoms with Crippen molar-refractivity contribution in [2.75, 3.05) is 13.6 Å². The van der Waals surface area contributed by atoms with Crippen molar-refractivity contribution in [2.45, 2.75) is 17.9 Å². The molecule has 0 fully saturated rings. The van der Waals surface area contributed by atoms with Gasteiger partial charge in [-0.1, -0.05) is 30.3 Å². The third-order valence-corrected chi connectivity index (χ3v) is 3.78. The van der Waals surface area contributed by atoms with Crippen molar-refractivity contribution in [2.24, 2.45) is 5.14 Å². The summed E-state index contributed by atoms with van der Waals surface area (Å²) in [6.45, 7) is 6.13. The summed E-state index contributed by atoms with van der Waals surface area (Å²) in [5, 5.41) is 5.64. The number of rotatable bonds is 5. The Bertz CT molecular complexity index is 543. The monoisotopic (exact) mass is 288 g/mol. The maximum atomic E-state index is 11.3. The number of sulfonamides is 1. The average Bonchev–Trinajstić information content (AvgIpc) is 2.26. The molecule has 1 aromatic rings. The van der Waals surface area contributed by atoms with Gasteiger partial charge in [0.05, 0.1) is 4.90 Å². The van der Waals surface area contributed by atoms with Gasteiger partial charge in [-0.3, -0.25) is 4.90 Å². The summed E-state index contributed by atoms with van der Waals surface area (Å²) in [7, 11) is -1.78. The van der Waals surface area contributed by atoms with Crippen LogP contribution in [0.4, 0.5) is 0 Å². The molecule has 0 heterocycles. The topological polar surface area (TPSA) is 63.4 Å². The molecule has 1 rings (SSSR count). The van der Waals surface area contributed by atoms with Gasteiger partial charge in [-0.25, -0.2) is 13.6 Å². The van der Waals surface area contributed by atoms with E-state index in [9.17, 15) is 8.42 Å². The first-order chi connectivity index (χ1) is 8.21. The highest BCUT2D eigenvalue weighted by molar-refractivity contribution is 7.89. The van der Waals surface area contributed by atoms with Gasteiger partial charge in [-0.05, 0) is 31.7 Å². The lowest BCUT2D eigenvalue weighted by molar-refractivity contribution is 0.287. The number of nitrogens with zero attached hydrogens (tertiary/aromatic N) is 1. The number of benzene rings is 1. The maximum absolute atomic E-state index is 11.3. The summed E-state index contributed by atoms with van der Waals surface area (Å²) in [4.78, 5) is 2.09. The van der Waals surface area contributed by atoms with E-state index < -0.39 is 10.0 Å². The van der Waals surface area contributed by atoms with Crippen LogP contribution in [0.25, 0.3) is 0 Å². The number of primary sulfonamides is 1. The van der Waals surface area contributed by atoms with Gasteiger partial charge < -0.3 is 0 Å². The Labute approximate surface area is 113 Å². The zero-order valence-corrected chi connectivity index (χ0v) is 12.0. The molecule has 0 amide bonds. The van der Waals surface area contributed by atoms with E-state index in [1.807, 2.05) is 24.9 Å². The van der Waals surface area contributed by atoms with Crippen LogP contribution >= 0.6 is 11.6 Å². The standard InChI is InChI=1S/C12H17ClN2O2S/c1-9(13)8-15(3)10(2)11-5-4-6-12(7-11)18(14,16)17/h4-7,10H,1,8H2,2-3H3,(H2,14,16,17)/t10-/m1/s1. The summed E-state index contributed by atoms with van der Waals surface area (Å²) < 4.78 is 22.6. The van der Waals surface area contributed by atoms with Crippen LogP contribution in [0.1, 0.15) is 18.5 Å². The zero-order chi connectivity index (χ0) is 13.9. The maximum Gasteiger partial charge on any atom is 0.238 e. The van der Waals surface area contributed by atoms with Crippen LogP contribution in [0, 0.1) is 0 Å². The molecule has 0 aromatic heterocycles. The number of halogens is 1. The Hall–Kier alpha value is -0.880. The predicted octanol–water partition coefficient (Wildman–Crippen LogP) is 2.08. The number of hydrogen-bond donors (Lipinski definition) is 1. The highest BCUT2D eigenvalue weighted by Crippen LogP contribution is 2.22. The first-order valence-electron chi connectivity index (χ1n) is 5.38. The largest absolute Gasteiger partial charge is 0.295 e. The molecule has 0 aliphatic heterocycles. The molecule has 6 heteroatoms. The molecule has 0 radical (unpaired) electrons. The zero-order valence-electron chi connectivity index (χ0n) is 10.4. The fourth-order valence-corrected chi connectivity index (χ4v) is 2.37. The van der Waals surface area contributed by atoms with Gasteiger partial charge >= 0.3 is 0 Å². The second kappa shape index (κ2) is 5.84. The van der Waals surface area contributed by atoms with Crippen LogP contribution in [0.2, 0.25) is 0 Å². The normalized spacial score (nSPS) is 13.6. The molecule has 0 saturated heterocycles. The van der Waals surface area contributed by atoms with Crippen molar-refractivity contribution in [1.82, 2.24) is 4.90 Å². The fourth-order valence-electron chi connectivity index (χ4n) is 1.61. The van der Waals surface area contributed by atoms with E-state index in [0.717, 1.165) is 5.56 Å². The molecule has 4 nitrogen and oxygen atoms in total. The Kier molecular flexibility index (Phi) is 4.92. The lowest BCUT2D eigenvalue weighted by Crippen LogP contribution is -2.24. The van der Waals surface area contributed by atoms with Gasteiger partial charge in [0.15, 0.2) is 0 Å². The molecule has 0 saturated carbocycles. The lowest BCUT2D eigenvalue weighted by atomic mass is 10.1. The van der Waals surface area contributed by atoms with Crippen molar-refractivity contribution < 1.29 is 8.42 Å². The molecule has 2 N–H and O–H groups in total. The second-order valence-electron chi connectivity index (χ2n) is 4.23. The quantitative estimate of drug-likeness (QED) is 0.902. The van der Waals surface area contributed by atoms with E-state index >= 15 is 0 Å². The summed E-state index contributed by atoms with van der Waals surface area (Å²) in [5.41, 5.74) is 0.863. The molecule has 0 bridgehead atoms. The van der Waals surface area contributed by atoms with Crippen LogP contribution < -0.4 is 5.14 Å². The summed E-state index contributed by atoms with van der Waals surface area (Å²) in [5.74, 6) is 0. The molecule has 0 aliphatic carbocycles. The van der Waals surface area contributed by atoms with E-state index in [-0.39, 0.29) is 10.9 Å². The minimum Gasteiger partial charge on any atom is -0.295 e. The average molecular weight is 289 g/mol. The van der Waals surface area contributed by atoms with Gasteiger partial charge in [-0.2, -0.15) is 0 Å². The summed E-state index contributed by atoms with van der Waals surface area (Å²) >= 11 is 5.76. The third-order valence-electron chi connectivity index (χ3n) is 2.75. The van der Waals surface area contributed by atoms with Crippen molar-refractivity contribution in [3.63, 3.8) is 0 Å². The minimum absolute atomic E-state index is 0.0159. The molecule has 1 atom stereocenters. The van der Waals surface area contributed by atoms with Gasteiger partial charge in [0.2, 0.25) is 10.0 Å². The first kappa shape index (κ1) is 15.2. The number of hydrogen-bond acceptors (Lipinski definition) is 3. The molecule has 0 unspecified atom stereocenters. The van der Waals surface area contributed by atoms with Crippen LogP contribution in [-0.2, 0) is 10.0 Å². The summed E-state index contributed by atoms with van der Waals surface area (Å²) in [6, 6.07) is 6.60. The van der Waals surface area contributed by atoms with Gasteiger partial charge in [-0.15, -0.1) is 0 Å². The number of likely N-dealkylation sites (N-methyl/N-ethyl adjacent to an activating group) is 1. The summed E-state index contributed by atoms with van der Waals surface area (Å²) in [6.07, 6.45) is 0. The molecule has 18 heavy (non-hydrogen) atoms. The van der Waals surface area contributed by atoms with Gasteiger partial charge in [0.25, 0.3) is 0 Å². The molecule has 100 valence electrons. The molecule has 0 aliphatic rings.